The second-order valence-corrected chi connectivity index (χ2v) is 7.45. The molecule has 0 aliphatic carbocycles. The molecule has 1 atom stereocenters. The van der Waals surface area contributed by atoms with Gasteiger partial charge in [-0.1, -0.05) is 0 Å². The summed E-state index contributed by atoms with van der Waals surface area (Å²) < 4.78 is 14.1. The number of piperidine rings is 1. The number of nitrogens with zero attached hydrogens (tertiary/aromatic N) is 2. The number of hydrogen-bond acceptors (Lipinski definition) is 2. The van der Waals surface area contributed by atoms with E-state index >= 15 is 0 Å². The summed E-state index contributed by atoms with van der Waals surface area (Å²) in [6.45, 7) is 1.35. The fraction of sp³-hybridized carbons (Fsp3) is 0.263. The van der Waals surface area contributed by atoms with Crippen LogP contribution in [0, 0.1) is 5.82 Å². The lowest BCUT2D eigenvalue weighted by Crippen LogP contribution is -2.39. The fourth-order valence-corrected chi connectivity index (χ4v) is 3.73. The molecule has 3 aromatic rings. The van der Waals surface area contributed by atoms with E-state index in [2.05, 4.69) is 31.1 Å². The highest BCUT2D eigenvalue weighted by Gasteiger charge is 2.27. The Kier molecular flexibility index (Phi) is 4.63. The molecule has 7 heteroatoms. The number of likely N-dealkylation sites (tertiary alicyclic amines) is 1. The lowest BCUT2D eigenvalue weighted by molar-refractivity contribution is 0.0706. The third-order valence-electron chi connectivity index (χ3n) is 4.76. The van der Waals surface area contributed by atoms with Crippen molar-refractivity contribution in [2.24, 2.45) is 0 Å². The highest BCUT2D eigenvalue weighted by Crippen LogP contribution is 2.29. The molecule has 1 aliphatic heterocycles. The highest BCUT2D eigenvalue weighted by atomic mass is 79.9. The average Bonchev–Trinajstić information content (AvgIpc) is 3.31. The molecule has 1 aromatic carbocycles. The van der Waals surface area contributed by atoms with Crippen LogP contribution in [0.5, 0.6) is 0 Å². The first kappa shape index (κ1) is 17.0. The van der Waals surface area contributed by atoms with Crippen LogP contribution in [0.1, 0.15) is 34.8 Å². The Balaban J connectivity index is 1.49. The number of hydrogen-bond donors (Lipinski definition) is 2. The minimum absolute atomic E-state index is 0.0530. The van der Waals surface area contributed by atoms with Crippen molar-refractivity contribution in [1.82, 2.24) is 20.1 Å². The molecular formula is C19H18BrFN4O. The summed E-state index contributed by atoms with van der Waals surface area (Å²) in [6, 6.07) is 9.74. The minimum atomic E-state index is -0.334. The molecule has 134 valence electrons. The Morgan fingerprint density at radius 3 is 2.81 bits per heavy atom. The van der Waals surface area contributed by atoms with Gasteiger partial charge in [0.15, 0.2) is 0 Å². The maximum absolute atomic E-state index is 13.1. The van der Waals surface area contributed by atoms with Crippen LogP contribution in [0.15, 0.2) is 47.1 Å². The van der Waals surface area contributed by atoms with Gasteiger partial charge >= 0.3 is 0 Å². The van der Waals surface area contributed by atoms with Gasteiger partial charge in [-0.15, -0.1) is 0 Å². The Morgan fingerprint density at radius 2 is 2.08 bits per heavy atom. The van der Waals surface area contributed by atoms with Crippen LogP contribution in [0.4, 0.5) is 4.39 Å². The van der Waals surface area contributed by atoms with E-state index in [1.54, 1.807) is 12.1 Å². The first-order valence-electron chi connectivity index (χ1n) is 8.54. The van der Waals surface area contributed by atoms with Crippen molar-refractivity contribution in [3.63, 3.8) is 0 Å². The van der Waals surface area contributed by atoms with Gasteiger partial charge in [0.25, 0.3) is 5.91 Å². The molecule has 1 saturated heterocycles. The normalized spacial score (nSPS) is 17.5. The van der Waals surface area contributed by atoms with Gasteiger partial charge in [0.2, 0.25) is 0 Å². The highest BCUT2D eigenvalue weighted by molar-refractivity contribution is 9.10. The number of aromatic amines is 2. The topological polar surface area (TPSA) is 64.8 Å². The van der Waals surface area contributed by atoms with E-state index < -0.39 is 0 Å². The zero-order chi connectivity index (χ0) is 18.1. The number of rotatable bonds is 3. The van der Waals surface area contributed by atoms with Gasteiger partial charge in [0.05, 0.1) is 5.69 Å². The molecule has 2 N–H and O–H groups in total. The van der Waals surface area contributed by atoms with Crippen molar-refractivity contribution in [1.29, 1.82) is 0 Å². The molecule has 1 fully saturated rings. The van der Waals surface area contributed by atoms with E-state index in [0.717, 1.165) is 40.9 Å². The predicted molar refractivity (Wildman–Crippen MR) is 100 cm³/mol. The number of H-pyrrole nitrogens is 2. The van der Waals surface area contributed by atoms with Gasteiger partial charge in [-0.2, -0.15) is 5.10 Å². The van der Waals surface area contributed by atoms with Gasteiger partial charge in [0, 0.05) is 40.9 Å². The standard InChI is InChI=1S/C19H18BrFN4O/c20-14-8-17(22-10-14)18-9-16(23-24-18)13-2-1-7-25(11-13)19(26)12-3-5-15(21)6-4-12/h3-6,8-10,13,22H,1-2,7,11H2,(H,23,24)/t13-/m0/s1. The number of aromatic nitrogens is 3. The molecule has 0 unspecified atom stereocenters. The van der Waals surface area contributed by atoms with E-state index in [4.69, 9.17) is 0 Å². The summed E-state index contributed by atoms with van der Waals surface area (Å²) in [4.78, 5) is 17.7. The maximum atomic E-state index is 13.1. The predicted octanol–water partition coefficient (Wildman–Crippen LogP) is 4.33. The molecule has 4 rings (SSSR count). The van der Waals surface area contributed by atoms with Crippen molar-refractivity contribution >= 4 is 21.8 Å². The molecule has 5 nitrogen and oxygen atoms in total. The van der Waals surface area contributed by atoms with Crippen molar-refractivity contribution in [3.8, 4) is 11.4 Å². The van der Waals surface area contributed by atoms with Gasteiger partial charge in [-0.05, 0) is 65.2 Å². The van der Waals surface area contributed by atoms with Crippen LogP contribution in [-0.2, 0) is 0 Å². The smallest absolute Gasteiger partial charge is 0.253 e. The van der Waals surface area contributed by atoms with Gasteiger partial charge in [0.1, 0.15) is 11.5 Å². The van der Waals surface area contributed by atoms with E-state index in [0.29, 0.717) is 12.1 Å². The van der Waals surface area contributed by atoms with E-state index in [1.165, 1.54) is 12.1 Å². The van der Waals surface area contributed by atoms with Crippen molar-refractivity contribution < 1.29 is 9.18 Å². The van der Waals surface area contributed by atoms with Crippen LogP contribution in [0.2, 0.25) is 0 Å². The first-order valence-corrected chi connectivity index (χ1v) is 9.34. The number of nitrogens with one attached hydrogen (secondary N) is 2. The van der Waals surface area contributed by atoms with Crippen molar-refractivity contribution in [2.75, 3.05) is 13.1 Å². The Bertz CT molecular complexity index is 918. The molecule has 0 bridgehead atoms. The third-order valence-corrected chi connectivity index (χ3v) is 5.22. The molecule has 0 spiro atoms. The second kappa shape index (κ2) is 7.07. The monoisotopic (exact) mass is 416 g/mol. The zero-order valence-corrected chi connectivity index (χ0v) is 15.6. The maximum Gasteiger partial charge on any atom is 0.253 e. The summed E-state index contributed by atoms with van der Waals surface area (Å²) in [5, 5.41) is 7.51. The van der Waals surface area contributed by atoms with Crippen molar-refractivity contribution in [2.45, 2.75) is 18.8 Å². The van der Waals surface area contributed by atoms with Gasteiger partial charge < -0.3 is 9.88 Å². The number of benzene rings is 1. The SMILES string of the molecule is O=C(c1ccc(F)cc1)N1CCC[C@H](c2cc(-c3cc(Br)c[nH]3)n[nH]2)C1. The Labute approximate surface area is 158 Å². The molecule has 0 radical (unpaired) electrons. The van der Waals surface area contributed by atoms with E-state index in [9.17, 15) is 9.18 Å². The quantitative estimate of drug-likeness (QED) is 0.667. The molecule has 2 aromatic heterocycles. The van der Waals surface area contributed by atoms with Gasteiger partial charge in [-0.3, -0.25) is 9.89 Å². The first-order chi connectivity index (χ1) is 12.6. The molecular weight excluding hydrogens is 399 g/mol. The molecule has 3 heterocycles. The molecule has 26 heavy (non-hydrogen) atoms. The summed E-state index contributed by atoms with van der Waals surface area (Å²) in [6.07, 6.45) is 3.80. The fourth-order valence-electron chi connectivity index (χ4n) is 3.39. The van der Waals surface area contributed by atoms with Crippen molar-refractivity contribution in [3.05, 3.63) is 64.1 Å². The van der Waals surface area contributed by atoms with Crippen LogP contribution < -0.4 is 0 Å². The van der Waals surface area contributed by atoms with Crippen LogP contribution in [0.25, 0.3) is 11.4 Å². The lowest BCUT2D eigenvalue weighted by atomic mass is 9.94. The van der Waals surface area contributed by atoms with E-state index in [1.807, 2.05) is 23.2 Å². The number of amides is 1. The van der Waals surface area contributed by atoms with Crippen LogP contribution in [-0.4, -0.2) is 39.1 Å². The minimum Gasteiger partial charge on any atom is -0.359 e. The molecule has 0 saturated carbocycles. The largest absolute Gasteiger partial charge is 0.359 e. The molecule has 1 aliphatic rings. The second-order valence-electron chi connectivity index (χ2n) is 6.54. The van der Waals surface area contributed by atoms with E-state index in [-0.39, 0.29) is 17.6 Å². The number of carbonyl (C=O) groups excluding carboxylic acids is 1. The Hall–Kier alpha value is -2.41. The molecule has 1 amide bonds. The number of halogens is 2. The Morgan fingerprint density at radius 1 is 1.27 bits per heavy atom. The average molecular weight is 417 g/mol. The zero-order valence-electron chi connectivity index (χ0n) is 14.0. The van der Waals surface area contributed by atoms with Crippen LogP contribution in [0.3, 0.4) is 0 Å². The van der Waals surface area contributed by atoms with Crippen LogP contribution >= 0.6 is 15.9 Å². The third kappa shape index (κ3) is 3.44. The van der Waals surface area contributed by atoms with Gasteiger partial charge in [-0.25, -0.2) is 4.39 Å². The summed E-state index contributed by atoms with van der Waals surface area (Å²) >= 11 is 3.43. The summed E-state index contributed by atoms with van der Waals surface area (Å²) in [5.74, 6) is -0.172. The summed E-state index contributed by atoms with van der Waals surface area (Å²) in [7, 11) is 0. The lowest BCUT2D eigenvalue weighted by Gasteiger charge is -2.32. The number of carbonyl (C=O) groups is 1. The summed E-state index contributed by atoms with van der Waals surface area (Å²) in [5.41, 5.74) is 3.35.